The van der Waals surface area contributed by atoms with Gasteiger partial charge in [0.05, 0.1) is 13.1 Å². The molecule has 0 aromatic heterocycles. The van der Waals surface area contributed by atoms with Crippen molar-refractivity contribution in [1.82, 2.24) is 5.43 Å². The van der Waals surface area contributed by atoms with E-state index in [1.54, 1.807) is 23.0 Å². The van der Waals surface area contributed by atoms with Gasteiger partial charge in [-0.1, -0.05) is 36.4 Å². The zero-order chi connectivity index (χ0) is 22.6. The van der Waals surface area contributed by atoms with E-state index >= 15 is 0 Å². The molecule has 0 spiro atoms. The second-order valence-electron chi connectivity index (χ2n) is 6.60. The Hall–Kier alpha value is -3.88. The fraction of sp³-hybridized carbons (Fsp3) is 0.273. The summed E-state index contributed by atoms with van der Waals surface area (Å²) in [6.45, 7) is 8.74. The predicted octanol–water partition coefficient (Wildman–Crippen LogP) is 3.14. The molecule has 0 saturated carbocycles. The molecule has 0 unspecified atom stereocenters. The third kappa shape index (κ3) is 7.14. The van der Waals surface area contributed by atoms with Crippen LogP contribution in [0.4, 0.5) is 11.4 Å². The molecule has 0 amide bonds. The van der Waals surface area contributed by atoms with E-state index in [-0.39, 0.29) is 0 Å². The molecule has 0 atom stereocenters. The van der Waals surface area contributed by atoms with Crippen LogP contribution in [0.5, 0.6) is 0 Å². The Bertz CT molecular complexity index is 996. The van der Waals surface area contributed by atoms with Crippen LogP contribution in [0.15, 0.2) is 81.0 Å². The Morgan fingerprint density at radius 3 is 1.71 bits per heavy atom. The lowest BCUT2D eigenvalue weighted by atomic mass is 10.3. The zero-order valence-electron chi connectivity index (χ0n) is 18.5. The maximum atomic E-state index is 6.04. The summed E-state index contributed by atoms with van der Waals surface area (Å²) in [5.74, 6) is 1.96. The van der Waals surface area contributed by atoms with Crippen molar-refractivity contribution < 1.29 is 9.15 Å². The molecule has 0 bridgehead atoms. The van der Waals surface area contributed by atoms with Crippen LogP contribution in [0.1, 0.15) is 27.7 Å². The highest BCUT2D eigenvalue weighted by atomic mass is 15.5. The van der Waals surface area contributed by atoms with Crippen LogP contribution in [0, 0.1) is 0 Å². The number of nitrogens with zero attached hydrogens (tertiary/aromatic N) is 6. The van der Waals surface area contributed by atoms with Crippen molar-refractivity contribution in [3.63, 3.8) is 0 Å². The highest BCUT2D eigenvalue weighted by Gasteiger charge is 2.17. The van der Waals surface area contributed by atoms with Crippen LogP contribution in [0.3, 0.4) is 0 Å². The van der Waals surface area contributed by atoms with E-state index in [1.807, 2.05) is 74.5 Å². The van der Waals surface area contributed by atoms with Gasteiger partial charge in [-0.3, -0.25) is 0 Å². The molecule has 31 heavy (non-hydrogen) atoms. The largest absolute Gasteiger partial charge is 0.409 e. The molecule has 2 aromatic carbocycles. The minimum Gasteiger partial charge on any atom is -0.339 e. The number of aliphatic imine (C=N–C) groups is 2. The highest BCUT2D eigenvalue weighted by Crippen LogP contribution is 2.12. The molecular formula is C22H31N9+2. The number of para-hydroxylation sites is 2. The fourth-order valence-electron chi connectivity index (χ4n) is 2.75. The first-order valence-electron chi connectivity index (χ1n) is 10.1. The van der Waals surface area contributed by atoms with Crippen molar-refractivity contribution in [2.45, 2.75) is 27.7 Å². The average molecular weight is 422 g/mol. The molecular weight excluding hydrogens is 390 g/mol. The van der Waals surface area contributed by atoms with Crippen molar-refractivity contribution in [3.8, 4) is 0 Å². The summed E-state index contributed by atoms with van der Waals surface area (Å²) in [4.78, 5) is 9.22. The van der Waals surface area contributed by atoms with Crippen molar-refractivity contribution in [1.29, 1.82) is 0 Å². The molecule has 0 heterocycles. The quantitative estimate of drug-likeness (QED) is 0.226. The van der Waals surface area contributed by atoms with E-state index < -0.39 is 0 Å². The van der Waals surface area contributed by atoms with Crippen molar-refractivity contribution >= 4 is 35.0 Å². The van der Waals surface area contributed by atoms with E-state index in [2.05, 4.69) is 25.7 Å². The molecule has 0 fully saturated rings. The van der Waals surface area contributed by atoms with Gasteiger partial charge in [0.15, 0.2) is 11.7 Å². The van der Waals surface area contributed by atoms with Crippen LogP contribution >= 0.6 is 0 Å². The van der Waals surface area contributed by atoms with Crippen molar-refractivity contribution in [2.75, 3.05) is 13.1 Å². The Kier molecular flexibility index (Phi) is 9.03. The minimum atomic E-state index is 0.358. The van der Waals surface area contributed by atoms with E-state index in [0.29, 0.717) is 36.7 Å². The van der Waals surface area contributed by atoms with Gasteiger partial charge in [-0.25, -0.2) is 9.15 Å². The minimum absolute atomic E-state index is 0.358. The summed E-state index contributed by atoms with van der Waals surface area (Å²) < 4.78 is 3.57. The molecule has 2 aromatic rings. The van der Waals surface area contributed by atoms with Gasteiger partial charge in [0.25, 0.3) is 0 Å². The lowest BCUT2D eigenvalue weighted by Crippen LogP contribution is -2.38. The number of benzene rings is 2. The number of hydrogen-bond donors (Lipinski definition) is 3. The predicted molar refractivity (Wildman–Crippen MR) is 126 cm³/mol. The molecule has 0 saturated heterocycles. The molecule has 0 aliphatic carbocycles. The molecule has 0 aliphatic heterocycles. The van der Waals surface area contributed by atoms with E-state index in [4.69, 9.17) is 11.5 Å². The van der Waals surface area contributed by atoms with Gasteiger partial charge in [-0.2, -0.15) is 0 Å². The monoisotopic (exact) mass is 421 g/mol. The normalized spacial score (nSPS) is 14.3. The second kappa shape index (κ2) is 12.0. The first-order valence-corrected chi connectivity index (χ1v) is 10.1. The maximum Gasteiger partial charge on any atom is 0.409 e. The van der Waals surface area contributed by atoms with Crippen LogP contribution in [-0.4, -0.2) is 45.8 Å². The van der Waals surface area contributed by atoms with Crippen LogP contribution < -0.4 is 16.9 Å². The molecule has 0 radical (unpaired) electrons. The molecule has 9 nitrogen and oxygen atoms in total. The van der Waals surface area contributed by atoms with Crippen molar-refractivity contribution in [3.05, 3.63) is 60.7 Å². The lowest BCUT2D eigenvalue weighted by molar-refractivity contribution is -0.410. The Morgan fingerprint density at radius 2 is 1.26 bits per heavy atom. The topological polar surface area (TPSA) is 120 Å². The molecule has 2 rings (SSSR count). The summed E-state index contributed by atoms with van der Waals surface area (Å²) >= 11 is 0. The van der Waals surface area contributed by atoms with Gasteiger partial charge >= 0.3 is 11.9 Å². The van der Waals surface area contributed by atoms with Gasteiger partial charge in [0.1, 0.15) is 11.4 Å². The maximum absolute atomic E-state index is 6.04. The summed E-state index contributed by atoms with van der Waals surface area (Å²) in [6, 6.07) is 19.1. The number of nitrogens with two attached hydrogens (primary N) is 2. The first kappa shape index (κ1) is 23.4. The number of guanidine groups is 2. The molecule has 5 N–H and O–H groups in total. The van der Waals surface area contributed by atoms with Gasteiger partial charge < -0.3 is 11.5 Å². The smallest absolute Gasteiger partial charge is 0.339 e. The standard InChI is InChI=1S/C22H29N9/c1-5-30(17(3)23)21(25-19-13-9-7-10-14-19)27-29-28-22(31(6-2)18(4)24)26-20-15-11-8-12-16-20/h7-16,23-24H,5-6H2,1-4H3,(H,25,26,27,28)/p+2. The number of nitrogens with one attached hydrogen (secondary N) is 1. The fourth-order valence-corrected chi connectivity index (χ4v) is 2.75. The molecule has 9 heteroatoms. The van der Waals surface area contributed by atoms with Gasteiger partial charge in [-0.15, -0.1) is 15.4 Å². The van der Waals surface area contributed by atoms with E-state index in [0.717, 1.165) is 11.4 Å². The third-order valence-electron chi connectivity index (χ3n) is 4.25. The first-order chi connectivity index (χ1) is 15.0. The Balaban J connectivity index is 2.43. The zero-order valence-corrected chi connectivity index (χ0v) is 18.5. The SMILES string of the molecule is CC/[N+](C(=Nc1ccccc1)/N=N/NC(=Nc1ccccc1)/[N+](CC)=C(/C)N)=C(\C)N. The van der Waals surface area contributed by atoms with Crippen LogP contribution in [0.25, 0.3) is 0 Å². The number of hydrogen-bond acceptors (Lipinski definition) is 3. The summed E-state index contributed by atoms with van der Waals surface area (Å²) in [5.41, 5.74) is 16.5. The van der Waals surface area contributed by atoms with Gasteiger partial charge in [0.2, 0.25) is 0 Å². The Morgan fingerprint density at radius 1 is 0.774 bits per heavy atom. The summed E-state index contributed by atoms with van der Waals surface area (Å²) in [5, 5.41) is 8.46. The van der Waals surface area contributed by atoms with Crippen LogP contribution in [0.2, 0.25) is 0 Å². The summed E-state index contributed by atoms with van der Waals surface area (Å²) in [7, 11) is 0. The second-order valence-corrected chi connectivity index (χ2v) is 6.60. The van der Waals surface area contributed by atoms with E-state index in [1.165, 1.54) is 0 Å². The highest BCUT2D eigenvalue weighted by molar-refractivity contribution is 5.85. The Labute approximate surface area is 183 Å². The van der Waals surface area contributed by atoms with E-state index in [9.17, 15) is 0 Å². The molecule has 162 valence electrons. The third-order valence-corrected chi connectivity index (χ3v) is 4.25. The van der Waals surface area contributed by atoms with Crippen molar-refractivity contribution in [2.24, 2.45) is 31.8 Å². The lowest BCUT2D eigenvalue weighted by Gasteiger charge is -2.07. The molecule has 0 aliphatic rings. The summed E-state index contributed by atoms with van der Waals surface area (Å²) in [6.07, 6.45) is 0. The number of rotatable bonds is 5. The van der Waals surface area contributed by atoms with Gasteiger partial charge in [-0.05, 0) is 38.1 Å². The van der Waals surface area contributed by atoms with Crippen LogP contribution in [-0.2, 0) is 0 Å². The van der Waals surface area contributed by atoms with Gasteiger partial charge in [0, 0.05) is 24.2 Å². The number of amidine groups is 2. The average Bonchev–Trinajstić information content (AvgIpc) is 2.75.